The maximum absolute atomic E-state index is 13.3. The Morgan fingerprint density at radius 2 is 1.89 bits per heavy atom. The molecule has 2 aromatic carbocycles. The van der Waals surface area contributed by atoms with Gasteiger partial charge in [-0.2, -0.15) is 13.2 Å². The highest BCUT2D eigenvalue weighted by Gasteiger charge is 2.34. The monoisotopic (exact) mass is 381 g/mol. The Labute approximate surface area is 154 Å². The fraction of sp³-hybridized carbons (Fsp3) is 0.316. The molecule has 4 nitrogen and oxygen atoms in total. The molecule has 1 aliphatic heterocycles. The molecule has 1 saturated heterocycles. The van der Waals surface area contributed by atoms with Crippen LogP contribution < -0.4 is 10.6 Å². The van der Waals surface area contributed by atoms with E-state index in [0.717, 1.165) is 25.6 Å². The van der Waals surface area contributed by atoms with Gasteiger partial charge in [-0.3, -0.25) is 4.90 Å². The predicted octanol–water partition coefficient (Wildman–Crippen LogP) is 4.24. The van der Waals surface area contributed by atoms with Crippen molar-refractivity contribution in [3.05, 3.63) is 65.5 Å². The van der Waals surface area contributed by atoms with Gasteiger partial charge in [0.25, 0.3) is 0 Å². The van der Waals surface area contributed by atoms with E-state index in [1.165, 1.54) is 5.56 Å². The number of alkyl halides is 3. The summed E-state index contributed by atoms with van der Waals surface area (Å²) in [5.41, 5.74) is -0.343. The quantitative estimate of drug-likeness (QED) is 0.778. The summed E-state index contributed by atoms with van der Waals surface area (Å²) >= 11 is 0. The molecule has 0 radical (unpaired) electrons. The molecule has 0 aromatic heterocycles. The Bertz CT molecular complexity index is 795. The largest absolute Gasteiger partial charge is 0.419 e. The number of nitrogens with zero attached hydrogens (tertiary/aromatic N) is 1. The first-order chi connectivity index (χ1) is 12.8. The molecular formula is C19H19F4N3O. The van der Waals surface area contributed by atoms with Crippen LogP contribution in [0.5, 0.6) is 0 Å². The van der Waals surface area contributed by atoms with E-state index in [0.29, 0.717) is 18.7 Å². The van der Waals surface area contributed by atoms with Crippen molar-refractivity contribution in [1.29, 1.82) is 0 Å². The topological polar surface area (TPSA) is 44.4 Å². The van der Waals surface area contributed by atoms with Gasteiger partial charge in [0.2, 0.25) is 0 Å². The molecule has 8 heteroatoms. The lowest BCUT2D eigenvalue weighted by Crippen LogP contribution is -2.39. The molecule has 0 bridgehead atoms. The maximum Gasteiger partial charge on any atom is 0.419 e. The van der Waals surface area contributed by atoms with Crippen LogP contribution in [-0.2, 0) is 12.7 Å². The molecule has 2 aromatic rings. The minimum absolute atomic E-state index is 0.101. The number of urea groups is 1. The van der Waals surface area contributed by atoms with Gasteiger partial charge in [0.1, 0.15) is 5.82 Å². The highest BCUT2D eigenvalue weighted by atomic mass is 19.4. The van der Waals surface area contributed by atoms with Crippen LogP contribution in [0.25, 0.3) is 0 Å². The molecule has 1 fully saturated rings. The van der Waals surface area contributed by atoms with Crippen molar-refractivity contribution < 1.29 is 22.4 Å². The molecular weight excluding hydrogens is 362 g/mol. The van der Waals surface area contributed by atoms with E-state index in [1.807, 2.05) is 30.3 Å². The Hall–Kier alpha value is -2.61. The van der Waals surface area contributed by atoms with E-state index in [9.17, 15) is 22.4 Å². The van der Waals surface area contributed by atoms with E-state index < -0.39 is 23.6 Å². The van der Waals surface area contributed by atoms with Crippen LogP contribution >= 0.6 is 0 Å². The molecule has 0 aliphatic carbocycles. The SMILES string of the molecule is O=C(Nc1ccc(F)c(C(F)(F)F)c1)N[C@@H]1CCN(Cc2ccccc2)C1. The number of benzene rings is 2. The van der Waals surface area contributed by atoms with Crippen LogP contribution in [0.2, 0.25) is 0 Å². The Morgan fingerprint density at radius 1 is 1.15 bits per heavy atom. The second-order valence-corrected chi connectivity index (χ2v) is 6.50. The lowest BCUT2D eigenvalue weighted by molar-refractivity contribution is -0.139. The van der Waals surface area contributed by atoms with Crippen molar-refractivity contribution in [2.24, 2.45) is 0 Å². The number of likely N-dealkylation sites (tertiary alicyclic amines) is 1. The molecule has 144 valence electrons. The van der Waals surface area contributed by atoms with Crippen LogP contribution in [-0.4, -0.2) is 30.1 Å². The van der Waals surface area contributed by atoms with Crippen LogP contribution in [0.15, 0.2) is 48.5 Å². The summed E-state index contributed by atoms with van der Waals surface area (Å²) in [6, 6.07) is 11.6. The fourth-order valence-corrected chi connectivity index (χ4v) is 3.11. The first-order valence-electron chi connectivity index (χ1n) is 8.52. The number of rotatable bonds is 4. The van der Waals surface area contributed by atoms with Crippen molar-refractivity contribution in [2.45, 2.75) is 25.2 Å². The average Bonchev–Trinajstić information content (AvgIpc) is 3.03. The number of hydrogen-bond acceptors (Lipinski definition) is 2. The van der Waals surface area contributed by atoms with E-state index >= 15 is 0 Å². The van der Waals surface area contributed by atoms with Gasteiger partial charge in [0, 0.05) is 31.4 Å². The molecule has 0 saturated carbocycles. The molecule has 0 spiro atoms. The normalized spacial score (nSPS) is 17.7. The number of anilines is 1. The van der Waals surface area contributed by atoms with Gasteiger partial charge in [-0.15, -0.1) is 0 Å². The molecule has 1 aliphatic rings. The number of halogens is 4. The van der Waals surface area contributed by atoms with Gasteiger partial charge in [0.15, 0.2) is 0 Å². The second kappa shape index (κ2) is 7.96. The van der Waals surface area contributed by atoms with E-state index in [1.54, 1.807) is 0 Å². The molecule has 3 rings (SSSR count). The smallest absolute Gasteiger partial charge is 0.334 e. The third kappa shape index (κ3) is 5.19. The highest BCUT2D eigenvalue weighted by Crippen LogP contribution is 2.33. The van der Waals surface area contributed by atoms with Crippen molar-refractivity contribution in [1.82, 2.24) is 10.2 Å². The van der Waals surface area contributed by atoms with Crippen LogP contribution in [0.4, 0.5) is 28.0 Å². The molecule has 1 atom stereocenters. The van der Waals surface area contributed by atoms with Crippen molar-refractivity contribution >= 4 is 11.7 Å². The minimum Gasteiger partial charge on any atom is -0.334 e. The Morgan fingerprint density at radius 3 is 2.59 bits per heavy atom. The summed E-state index contributed by atoms with van der Waals surface area (Å²) in [6.07, 6.45) is -4.07. The number of hydrogen-bond donors (Lipinski definition) is 2. The number of amides is 2. The Balaban J connectivity index is 1.53. The third-order valence-corrected chi connectivity index (χ3v) is 4.39. The first kappa shape index (κ1) is 19.2. The summed E-state index contributed by atoms with van der Waals surface area (Å²) in [7, 11) is 0. The predicted molar refractivity (Wildman–Crippen MR) is 93.7 cm³/mol. The zero-order chi connectivity index (χ0) is 19.4. The standard InChI is InChI=1S/C19H19F4N3O/c20-17-7-6-14(10-16(17)19(21,22)23)24-18(27)25-15-8-9-26(12-15)11-13-4-2-1-3-5-13/h1-7,10,15H,8-9,11-12H2,(H2,24,25,27)/t15-/m1/s1. The van der Waals surface area contributed by atoms with E-state index in [2.05, 4.69) is 15.5 Å². The van der Waals surface area contributed by atoms with Gasteiger partial charge in [-0.05, 0) is 30.2 Å². The van der Waals surface area contributed by atoms with E-state index in [-0.39, 0.29) is 11.7 Å². The summed E-state index contributed by atoms with van der Waals surface area (Å²) in [5, 5.41) is 5.09. The number of carbonyl (C=O) groups excluding carboxylic acids is 1. The van der Waals surface area contributed by atoms with Crippen molar-refractivity contribution in [3.63, 3.8) is 0 Å². The summed E-state index contributed by atoms with van der Waals surface area (Å²) in [4.78, 5) is 14.3. The zero-order valence-corrected chi connectivity index (χ0v) is 14.4. The lowest BCUT2D eigenvalue weighted by Gasteiger charge is -2.17. The highest BCUT2D eigenvalue weighted by molar-refractivity contribution is 5.89. The average molecular weight is 381 g/mol. The van der Waals surface area contributed by atoms with Crippen LogP contribution in [0, 0.1) is 5.82 Å². The molecule has 1 heterocycles. The minimum atomic E-state index is -4.82. The molecule has 2 N–H and O–H groups in total. The zero-order valence-electron chi connectivity index (χ0n) is 14.4. The maximum atomic E-state index is 13.3. The second-order valence-electron chi connectivity index (χ2n) is 6.50. The molecule has 0 unspecified atom stereocenters. The lowest BCUT2D eigenvalue weighted by atomic mass is 10.2. The van der Waals surface area contributed by atoms with Gasteiger partial charge in [-0.25, -0.2) is 9.18 Å². The van der Waals surface area contributed by atoms with Gasteiger partial charge in [-0.1, -0.05) is 30.3 Å². The molecule has 27 heavy (non-hydrogen) atoms. The fourth-order valence-electron chi connectivity index (χ4n) is 3.11. The number of carbonyl (C=O) groups is 1. The van der Waals surface area contributed by atoms with Crippen molar-refractivity contribution in [2.75, 3.05) is 18.4 Å². The van der Waals surface area contributed by atoms with Crippen LogP contribution in [0.3, 0.4) is 0 Å². The summed E-state index contributed by atoms with van der Waals surface area (Å²) in [5.74, 6) is -1.37. The Kier molecular flexibility index (Phi) is 5.65. The van der Waals surface area contributed by atoms with Crippen molar-refractivity contribution in [3.8, 4) is 0 Å². The summed E-state index contributed by atoms with van der Waals surface area (Å²) in [6.45, 7) is 2.24. The van der Waals surface area contributed by atoms with Gasteiger partial charge in [0.05, 0.1) is 5.56 Å². The number of nitrogens with one attached hydrogen (secondary N) is 2. The van der Waals surface area contributed by atoms with Gasteiger partial charge >= 0.3 is 12.2 Å². The van der Waals surface area contributed by atoms with Gasteiger partial charge < -0.3 is 10.6 Å². The first-order valence-corrected chi connectivity index (χ1v) is 8.52. The molecule has 2 amide bonds. The van der Waals surface area contributed by atoms with E-state index in [4.69, 9.17) is 0 Å². The third-order valence-electron chi connectivity index (χ3n) is 4.39. The van der Waals surface area contributed by atoms with Crippen LogP contribution in [0.1, 0.15) is 17.5 Å². The summed E-state index contributed by atoms with van der Waals surface area (Å²) < 4.78 is 51.5.